The molecule has 13 nitrogen and oxygen atoms in total. The number of amides is 2. The van der Waals surface area contributed by atoms with Crippen molar-refractivity contribution in [1.82, 2.24) is 34.7 Å². The number of nitrogens with one attached hydrogen (secondary N) is 2. The number of pyridine rings is 1. The number of fused-ring (bicyclic) bond motifs is 1. The van der Waals surface area contributed by atoms with Crippen LogP contribution < -0.4 is 20.9 Å². The highest BCUT2D eigenvalue weighted by molar-refractivity contribution is 6.39. The average Bonchev–Trinajstić information content (AvgIpc) is 3.77. The van der Waals surface area contributed by atoms with E-state index < -0.39 is 23.1 Å². The first-order chi connectivity index (χ1) is 27.4. The zero-order valence-corrected chi connectivity index (χ0v) is 34.7. The van der Waals surface area contributed by atoms with Gasteiger partial charge in [-0.05, 0) is 53.0 Å². The molecule has 1 aliphatic carbocycles. The van der Waals surface area contributed by atoms with Crippen molar-refractivity contribution in [3.8, 4) is 39.4 Å². The summed E-state index contributed by atoms with van der Waals surface area (Å²) in [6, 6.07) is 13.6. The molecule has 2 aliphatic rings. The van der Waals surface area contributed by atoms with Crippen molar-refractivity contribution in [2.75, 3.05) is 13.7 Å². The SMILES string of the molecule is COc1nc(-c2cccc(-c3cccc(-c4cc5c(=O)n(C)c(CN[C@H]6C[C@](C)(O)C6)nn5c4)c3Cl)c2Cl)cc(F)c1CN(CC1CCC(=O)N1)C(=O)OC(C)(C)C. The minimum absolute atomic E-state index is 0.0322. The predicted molar refractivity (Wildman–Crippen MR) is 219 cm³/mol. The molecule has 1 unspecified atom stereocenters. The molecule has 1 aliphatic heterocycles. The molecule has 0 bridgehead atoms. The van der Waals surface area contributed by atoms with Crippen molar-refractivity contribution in [1.29, 1.82) is 0 Å². The summed E-state index contributed by atoms with van der Waals surface area (Å²) in [6.45, 7) is 7.27. The van der Waals surface area contributed by atoms with Gasteiger partial charge in [0.2, 0.25) is 11.8 Å². The molecule has 2 amide bonds. The lowest BCUT2D eigenvalue weighted by atomic mass is 9.77. The Hall–Kier alpha value is -5.02. The average molecular weight is 835 g/mol. The molecule has 7 rings (SSSR count). The quantitative estimate of drug-likeness (QED) is 0.129. The van der Waals surface area contributed by atoms with Crippen LogP contribution in [0.3, 0.4) is 0 Å². The van der Waals surface area contributed by atoms with Gasteiger partial charge < -0.3 is 30.1 Å². The van der Waals surface area contributed by atoms with Gasteiger partial charge in [0.1, 0.15) is 22.8 Å². The fourth-order valence-electron chi connectivity index (χ4n) is 7.53. The van der Waals surface area contributed by atoms with Crippen molar-refractivity contribution in [2.24, 2.45) is 7.05 Å². The van der Waals surface area contributed by atoms with Crippen LogP contribution in [0.5, 0.6) is 5.88 Å². The molecule has 1 saturated carbocycles. The smallest absolute Gasteiger partial charge is 0.410 e. The first-order valence-corrected chi connectivity index (χ1v) is 19.8. The number of hydrogen-bond acceptors (Lipinski definition) is 9. The van der Waals surface area contributed by atoms with Crippen molar-refractivity contribution in [2.45, 2.75) is 89.8 Å². The molecule has 2 fully saturated rings. The Morgan fingerprint density at radius 1 is 1.09 bits per heavy atom. The third-order valence-corrected chi connectivity index (χ3v) is 11.3. The van der Waals surface area contributed by atoms with E-state index in [-0.39, 0.29) is 58.8 Å². The van der Waals surface area contributed by atoms with Crippen LogP contribution in [0.1, 0.15) is 64.8 Å². The zero-order valence-electron chi connectivity index (χ0n) is 33.2. The van der Waals surface area contributed by atoms with E-state index in [4.69, 9.17) is 37.8 Å². The molecule has 306 valence electrons. The summed E-state index contributed by atoms with van der Waals surface area (Å²) in [5, 5.41) is 21.7. The van der Waals surface area contributed by atoms with E-state index in [0.717, 1.165) is 0 Å². The van der Waals surface area contributed by atoms with E-state index in [1.807, 2.05) is 18.2 Å². The number of aromatic nitrogens is 4. The molecule has 3 aromatic heterocycles. The number of halogens is 3. The molecule has 5 aromatic rings. The molecule has 16 heteroatoms. The second-order valence-electron chi connectivity index (χ2n) is 16.3. The number of rotatable bonds is 11. The van der Waals surface area contributed by atoms with Gasteiger partial charge in [0.05, 0.1) is 47.1 Å². The monoisotopic (exact) mass is 833 g/mol. The van der Waals surface area contributed by atoms with Crippen LogP contribution in [0.25, 0.3) is 39.0 Å². The maximum absolute atomic E-state index is 16.2. The number of carbonyl (C=O) groups excluding carboxylic acids is 2. The van der Waals surface area contributed by atoms with Crippen LogP contribution >= 0.6 is 23.2 Å². The Morgan fingerprint density at radius 2 is 1.74 bits per heavy atom. The van der Waals surface area contributed by atoms with Gasteiger partial charge in [-0.1, -0.05) is 59.6 Å². The Balaban J connectivity index is 1.18. The summed E-state index contributed by atoms with van der Waals surface area (Å²) in [6.07, 6.45) is 3.22. The number of benzene rings is 2. The van der Waals surface area contributed by atoms with Gasteiger partial charge in [-0.15, -0.1) is 0 Å². The van der Waals surface area contributed by atoms with Crippen LogP contribution in [0, 0.1) is 5.82 Å². The van der Waals surface area contributed by atoms with Gasteiger partial charge in [0.25, 0.3) is 5.56 Å². The van der Waals surface area contributed by atoms with Crippen molar-refractivity contribution >= 4 is 40.7 Å². The van der Waals surface area contributed by atoms with Crippen LogP contribution in [-0.2, 0) is 29.7 Å². The predicted octanol–water partition coefficient (Wildman–Crippen LogP) is 6.90. The molecule has 3 N–H and O–H groups in total. The number of nitrogens with zero attached hydrogens (tertiary/aromatic N) is 5. The second-order valence-corrected chi connectivity index (χ2v) is 17.1. The summed E-state index contributed by atoms with van der Waals surface area (Å²) in [5.74, 6) is -0.290. The summed E-state index contributed by atoms with van der Waals surface area (Å²) in [5.41, 5.74) is 1.79. The van der Waals surface area contributed by atoms with E-state index in [0.29, 0.717) is 76.4 Å². The van der Waals surface area contributed by atoms with Crippen molar-refractivity contribution in [3.63, 3.8) is 0 Å². The highest BCUT2D eigenvalue weighted by Gasteiger charge is 2.38. The van der Waals surface area contributed by atoms with Crippen LogP contribution in [0.4, 0.5) is 9.18 Å². The number of ether oxygens (including phenoxy) is 2. The summed E-state index contributed by atoms with van der Waals surface area (Å²) in [7, 11) is 3.05. The third kappa shape index (κ3) is 8.56. The van der Waals surface area contributed by atoms with Gasteiger partial charge in [-0.2, -0.15) is 5.10 Å². The van der Waals surface area contributed by atoms with Crippen LogP contribution in [0.2, 0.25) is 10.0 Å². The number of methoxy groups -OCH3 is 1. The molecule has 0 spiro atoms. The molecule has 0 radical (unpaired) electrons. The number of aliphatic hydroxyl groups is 1. The Morgan fingerprint density at radius 3 is 2.36 bits per heavy atom. The summed E-state index contributed by atoms with van der Waals surface area (Å²) < 4.78 is 30.5. The lowest BCUT2D eigenvalue weighted by molar-refractivity contribution is -0.119. The van der Waals surface area contributed by atoms with E-state index >= 15 is 4.39 Å². The fourth-order valence-corrected chi connectivity index (χ4v) is 8.19. The standard InChI is InChI=1S/C42H46Cl2FN7O6/c1-41(2,3)58-40(55)51(21-24-13-14-35(53)47-24)22-30-31(45)16-32(48-38(30)57-6)29-12-8-11-28(37(29)44)27-10-7-9-26(36(27)43)23-15-33-39(54)50(5)34(49-52(33)20-23)19-46-25-17-42(4,56)18-25/h7-12,15-16,20,24-25,46,56H,13-14,17-19,21-22H2,1-6H3,(H,47,53)/t24?,25-,42-. The van der Waals surface area contributed by atoms with Gasteiger partial charge in [-0.3, -0.25) is 14.2 Å². The minimum Gasteiger partial charge on any atom is -0.481 e. The number of carbonyl (C=O) groups is 2. The topological polar surface area (TPSA) is 152 Å². The fraction of sp³-hybridized carbons (Fsp3) is 0.405. The lowest BCUT2D eigenvalue weighted by Gasteiger charge is -2.41. The lowest BCUT2D eigenvalue weighted by Crippen LogP contribution is -2.51. The van der Waals surface area contributed by atoms with E-state index in [2.05, 4.69) is 15.6 Å². The maximum atomic E-state index is 16.2. The maximum Gasteiger partial charge on any atom is 0.410 e. The molecule has 1 atom stereocenters. The highest BCUT2D eigenvalue weighted by Crippen LogP contribution is 2.43. The molecule has 4 heterocycles. The van der Waals surface area contributed by atoms with Crippen molar-refractivity contribution < 1.29 is 28.6 Å². The normalized spacial score (nSPS) is 19.2. The summed E-state index contributed by atoms with van der Waals surface area (Å²) >= 11 is 14.2. The molecule has 2 aromatic carbocycles. The van der Waals surface area contributed by atoms with Crippen LogP contribution in [-0.4, -0.2) is 78.1 Å². The van der Waals surface area contributed by atoms with Gasteiger partial charge >= 0.3 is 6.09 Å². The largest absolute Gasteiger partial charge is 0.481 e. The van der Waals surface area contributed by atoms with E-state index in [1.54, 1.807) is 69.7 Å². The first kappa shape index (κ1) is 41.2. The number of hydrogen-bond donors (Lipinski definition) is 3. The van der Waals surface area contributed by atoms with Crippen LogP contribution in [0.15, 0.2) is 59.5 Å². The van der Waals surface area contributed by atoms with E-state index in [1.165, 1.54) is 22.6 Å². The van der Waals surface area contributed by atoms with Crippen molar-refractivity contribution in [3.05, 3.63) is 92.3 Å². The Bertz CT molecular complexity index is 2470. The molecular weight excluding hydrogens is 788 g/mol. The van der Waals surface area contributed by atoms with E-state index in [9.17, 15) is 19.5 Å². The minimum atomic E-state index is -0.808. The second kappa shape index (κ2) is 16.0. The summed E-state index contributed by atoms with van der Waals surface area (Å²) in [4.78, 5) is 44.6. The van der Waals surface area contributed by atoms with Gasteiger partial charge in [0, 0.05) is 72.2 Å². The van der Waals surface area contributed by atoms with Gasteiger partial charge in [0.15, 0.2) is 0 Å². The Kier molecular flexibility index (Phi) is 11.3. The van der Waals surface area contributed by atoms with Gasteiger partial charge in [-0.25, -0.2) is 18.7 Å². The molecule has 1 saturated heterocycles. The Labute approximate surface area is 345 Å². The molecular formula is C42H46Cl2FN7O6. The molecule has 58 heavy (non-hydrogen) atoms. The third-order valence-electron chi connectivity index (χ3n) is 10.5. The zero-order chi connectivity index (χ0) is 41.7. The highest BCUT2D eigenvalue weighted by atomic mass is 35.5. The first-order valence-electron chi connectivity index (χ1n) is 19.0.